The summed E-state index contributed by atoms with van der Waals surface area (Å²) in [5, 5.41) is 8.44. The van der Waals surface area contributed by atoms with E-state index in [1.165, 1.54) is 19.3 Å². The molecule has 0 aromatic rings. The van der Waals surface area contributed by atoms with E-state index in [0.717, 1.165) is 12.8 Å². The molecule has 1 saturated carbocycles. The second-order valence-corrected chi connectivity index (χ2v) is 19.1. The molecule has 1 fully saturated rings. The average Bonchev–Trinajstić information content (AvgIpc) is 2.08. The molecule has 0 radical (unpaired) electrons. The van der Waals surface area contributed by atoms with Crippen molar-refractivity contribution in [1.82, 2.24) is 6.15 Å². The van der Waals surface area contributed by atoms with Crippen LogP contribution >= 0.6 is 38.7 Å². The average molecular weight is 575 g/mol. The maximum absolute atomic E-state index is 8.44. The molecule has 2 nitrogen and oxygen atoms in total. The summed E-state index contributed by atoms with van der Waals surface area (Å²) in [6.45, 7) is 0. The summed E-state index contributed by atoms with van der Waals surface area (Å²) in [6.07, 6.45) is 6.20. The molecule has 76 valence electrons. The van der Waals surface area contributed by atoms with Gasteiger partial charge in [-0.2, -0.15) is 5.26 Å². The van der Waals surface area contributed by atoms with Gasteiger partial charge in [0.15, 0.2) is 0 Å². The zero-order chi connectivity index (χ0) is 8.53. The number of nitrogens with zero attached hydrogens (tertiary/aromatic N) is 1. The van der Waals surface area contributed by atoms with Gasteiger partial charge in [0.25, 0.3) is 0 Å². The summed E-state index contributed by atoms with van der Waals surface area (Å²) in [6, 6.07) is 2.30. The van der Waals surface area contributed by atoms with Gasteiger partial charge >= 0.3 is 49.9 Å². The van der Waals surface area contributed by atoms with Crippen LogP contribution in [0, 0.1) is 17.2 Å². The standard InChI is InChI=1S/C7H11N.2HI.H3N.Pt/c8-6-7-4-2-1-3-5-7;;;;/h7H,1-5H2;2*1H;1H3;/q;;;;+2/p-2. The molecule has 0 heterocycles. The van der Waals surface area contributed by atoms with E-state index in [1.807, 2.05) is 0 Å². The Labute approximate surface area is 104 Å². The fraction of sp³-hybridized carbons (Fsp3) is 0.857. The van der Waals surface area contributed by atoms with Crippen LogP contribution in [-0.2, 0) is 11.2 Å². The fourth-order valence-corrected chi connectivity index (χ4v) is 1.23. The molecule has 0 saturated heterocycles. The second kappa shape index (κ2) is 12.6. The van der Waals surface area contributed by atoms with E-state index in [0.29, 0.717) is 17.1 Å². The fourth-order valence-electron chi connectivity index (χ4n) is 1.23. The first-order valence-electron chi connectivity index (χ1n) is 3.57. The van der Waals surface area contributed by atoms with Crippen LogP contribution < -0.4 is 6.15 Å². The third-order valence-corrected chi connectivity index (χ3v) is 1.79. The number of halogens is 2. The van der Waals surface area contributed by atoms with Gasteiger partial charge < -0.3 is 6.15 Å². The Morgan fingerprint density at radius 1 is 1.17 bits per heavy atom. The first kappa shape index (κ1) is 16.0. The maximum atomic E-state index is 8.44. The monoisotopic (exact) mass is 575 g/mol. The quantitative estimate of drug-likeness (QED) is 0.444. The molecule has 1 aliphatic carbocycles. The van der Waals surface area contributed by atoms with Crippen molar-refractivity contribution in [2.45, 2.75) is 32.1 Å². The topological polar surface area (TPSA) is 58.8 Å². The third kappa shape index (κ3) is 9.68. The molecule has 0 aliphatic heterocycles. The van der Waals surface area contributed by atoms with E-state index in [1.54, 1.807) is 0 Å². The molecule has 0 spiro atoms. The second-order valence-electron chi connectivity index (χ2n) is 2.51. The van der Waals surface area contributed by atoms with Crippen LogP contribution in [0.15, 0.2) is 0 Å². The Kier molecular flexibility index (Phi) is 16.8. The normalized spacial score (nSPS) is 16.8. The van der Waals surface area contributed by atoms with Gasteiger partial charge in [0, 0.05) is 5.92 Å². The van der Waals surface area contributed by atoms with Crippen molar-refractivity contribution in [3.8, 4) is 6.07 Å². The van der Waals surface area contributed by atoms with Crippen LogP contribution in [0.3, 0.4) is 0 Å². The van der Waals surface area contributed by atoms with Gasteiger partial charge in [-0.15, -0.1) is 0 Å². The number of rotatable bonds is 0. The van der Waals surface area contributed by atoms with Crippen LogP contribution in [0.25, 0.3) is 0 Å². The van der Waals surface area contributed by atoms with E-state index in [2.05, 4.69) is 44.8 Å². The van der Waals surface area contributed by atoms with Crippen molar-refractivity contribution in [3.63, 3.8) is 0 Å². The number of hydrogen-bond acceptors (Lipinski definition) is 2. The van der Waals surface area contributed by atoms with Crippen LogP contribution in [0.1, 0.15) is 32.1 Å². The molecule has 0 bridgehead atoms. The molecule has 5 heteroatoms. The Bertz CT molecular complexity index is 121. The molecular formula is C7H14I2N2Pt. The minimum atomic E-state index is 0. The van der Waals surface area contributed by atoms with Crippen molar-refractivity contribution in [1.29, 1.82) is 5.26 Å². The first-order valence-corrected chi connectivity index (χ1v) is 16.5. The molecule has 0 aromatic carbocycles. The van der Waals surface area contributed by atoms with Crippen LogP contribution in [0.2, 0.25) is 0 Å². The van der Waals surface area contributed by atoms with Crippen molar-refractivity contribution >= 4 is 38.7 Å². The van der Waals surface area contributed by atoms with E-state index in [4.69, 9.17) is 5.26 Å². The Hall–Kier alpha value is 1.60. The summed E-state index contributed by atoms with van der Waals surface area (Å²) in [4.78, 5) is 0. The summed E-state index contributed by atoms with van der Waals surface area (Å²) in [7, 11) is 0. The summed E-state index contributed by atoms with van der Waals surface area (Å²) in [5.74, 6) is 0.392. The van der Waals surface area contributed by atoms with Crippen molar-refractivity contribution in [3.05, 3.63) is 0 Å². The summed E-state index contributed by atoms with van der Waals surface area (Å²) < 4.78 is 0. The molecule has 0 atom stereocenters. The van der Waals surface area contributed by atoms with E-state index in [9.17, 15) is 0 Å². The van der Waals surface area contributed by atoms with Gasteiger partial charge in [-0.1, -0.05) is 19.3 Å². The number of nitriles is 1. The molecule has 1 aliphatic rings. The Balaban J connectivity index is 0. The predicted molar refractivity (Wildman–Crippen MR) is 65.3 cm³/mol. The van der Waals surface area contributed by atoms with Gasteiger partial charge in [-0.3, -0.25) is 0 Å². The van der Waals surface area contributed by atoms with Crippen LogP contribution in [-0.4, -0.2) is 0 Å². The molecule has 0 amide bonds. The van der Waals surface area contributed by atoms with Gasteiger partial charge in [-0.25, -0.2) is 0 Å². The zero-order valence-electron chi connectivity index (χ0n) is 6.84. The molecule has 3 N–H and O–H groups in total. The van der Waals surface area contributed by atoms with E-state index in [-0.39, 0.29) is 6.15 Å². The van der Waals surface area contributed by atoms with E-state index < -0.39 is 0 Å². The summed E-state index contributed by atoms with van der Waals surface area (Å²) in [5.41, 5.74) is 0. The van der Waals surface area contributed by atoms with Gasteiger partial charge in [0.2, 0.25) is 0 Å². The van der Waals surface area contributed by atoms with E-state index >= 15 is 0 Å². The Morgan fingerprint density at radius 2 is 1.58 bits per heavy atom. The number of hydrogen-bond donors (Lipinski definition) is 1. The zero-order valence-corrected chi connectivity index (χ0v) is 13.4. The van der Waals surface area contributed by atoms with Crippen LogP contribution in [0.5, 0.6) is 0 Å². The van der Waals surface area contributed by atoms with Gasteiger partial charge in [0.1, 0.15) is 0 Å². The van der Waals surface area contributed by atoms with Crippen molar-refractivity contribution in [2.75, 3.05) is 0 Å². The summed E-state index contributed by atoms with van der Waals surface area (Å²) >= 11 is 5.30. The molecule has 0 unspecified atom stereocenters. The Morgan fingerprint density at radius 3 is 1.83 bits per heavy atom. The molecule has 1 rings (SSSR count). The molecule has 12 heavy (non-hydrogen) atoms. The molecular weight excluding hydrogens is 561 g/mol. The van der Waals surface area contributed by atoms with Crippen molar-refractivity contribution in [2.24, 2.45) is 5.92 Å². The minimum absolute atomic E-state index is 0. The van der Waals surface area contributed by atoms with Crippen molar-refractivity contribution < 1.29 is 11.2 Å². The molecule has 0 aromatic heterocycles. The van der Waals surface area contributed by atoms with Crippen LogP contribution in [0.4, 0.5) is 0 Å². The predicted octanol–water partition coefficient (Wildman–Crippen LogP) is 4.02. The SMILES string of the molecule is N.N#CC1CCCCC1.[I][Pt][I]. The van der Waals surface area contributed by atoms with Gasteiger partial charge in [0.05, 0.1) is 6.07 Å². The third-order valence-electron chi connectivity index (χ3n) is 1.79. The first-order chi connectivity index (χ1) is 5.35. The van der Waals surface area contributed by atoms with Gasteiger partial charge in [-0.05, 0) is 12.8 Å².